The molecule has 134 valence electrons. The minimum Gasteiger partial charge on any atom is -0.389 e. The Kier molecular flexibility index (Phi) is 4.57. The lowest BCUT2D eigenvalue weighted by molar-refractivity contribution is 0.122. The van der Waals surface area contributed by atoms with Crippen LogP contribution in [0.25, 0.3) is 22.2 Å². The molecule has 0 amide bonds. The molecule has 0 spiro atoms. The van der Waals surface area contributed by atoms with Crippen LogP contribution in [0.5, 0.6) is 0 Å². The van der Waals surface area contributed by atoms with Gasteiger partial charge in [0, 0.05) is 13.1 Å². The van der Waals surface area contributed by atoms with Gasteiger partial charge in [-0.2, -0.15) is 0 Å². The zero-order valence-corrected chi connectivity index (χ0v) is 15.1. The monoisotopic (exact) mass is 349 g/mol. The van der Waals surface area contributed by atoms with Crippen LogP contribution < -0.4 is 4.90 Å². The molecule has 4 rings (SSSR count). The highest BCUT2D eigenvalue weighted by atomic mass is 16.5. The Hall–Kier alpha value is -2.50. The average Bonchev–Trinajstić information content (AvgIpc) is 2.67. The average molecular weight is 349 g/mol. The first-order chi connectivity index (χ1) is 12.6. The molecule has 1 fully saturated rings. The van der Waals surface area contributed by atoms with Gasteiger partial charge in [-0.3, -0.25) is 4.98 Å². The van der Waals surface area contributed by atoms with E-state index in [-0.39, 0.29) is 0 Å². The molecule has 1 N–H and O–H groups in total. The van der Waals surface area contributed by atoms with E-state index >= 15 is 0 Å². The second-order valence-electron chi connectivity index (χ2n) is 6.78. The number of aromatic nitrogens is 2. The standard InChI is InChI=1S/C21H23N3O2/c1-14-11-16(15(2)25)3-5-18(14)17-4-6-19-20(12-17)23-21(13-22-19)24-7-9-26-10-8-24/h3-6,11-13,15,25H,7-10H2,1-2H3. The first-order valence-electron chi connectivity index (χ1n) is 9.00. The molecule has 1 unspecified atom stereocenters. The van der Waals surface area contributed by atoms with Crippen molar-refractivity contribution in [3.05, 3.63) is 53.7 Å². The molecule has 2 heterocycles. The van der Waals surface area contributed by atoms with Crippen molar-refractivity contribution in [2.24, 2.45) is 0 Å². The fourth-order valence-electron chi connectivity index (χ4n) is 3.38. The molecule has 0 saturated carbocycles. The predicted molar refractivity (Wildman–Crippen MR) is 103 cm³/mol. The van der Waals surface area contributed by atoms with Crippen LogP contribution in [0, 0.1) is 6.92 Å². The van der Waals surface area contributed by atoms with Gasteiger partial charge in [0.15, 0.2) is 0 Å². The molecule has 2 aromatic carbocycles. The van der Waals surface area contributed by atoms with Crippen LogP contribution in [-0.2, 0) is 4.74 Å². The van der Waals surface area contributed by atoms with Gasteiger partial charge >= 0.3 is 0 Å². The second-order valence-corrected chi connectivity index (χ2v) is 6.78. The highest BCUT2D eigenvalue weighted by Crippen LogP contribution is 2.28. The van der Waals surface area contributed by atoms with E-state index in [2.05, 4.69) is 35.0 Å². The smallest absolute Gasteiger partial charge is 0.148 e. The molecule has 1 saturated heterocycles. The Balaban J connectivity index is 1.72. The maximum Gasteiger partial charge on any atom is 0.148 e. The number of aryl methyl sites for hydroxylation is 1. The van der Waals surface area contributed by atoms with Crippen molar-refractivity contribution in [1.29, 1.82) is 0 Å². The van der Waals surface area contributed by atoms with Gasteiger partial charge in [0.2, 0.25) is 0 Å². The summed E-state index contributed by atoms with van der Waals surface area (Å²) in [6, 6.07) is 12.3. The van der Waals surface area contributed by atoms with E-state index in [0.29, 0.717) is 0 Å². The molecule has 0 bridgehead atoms. The number of rotatable bonds is 3. The summed E-state index contributed by atoms with van der Waals surface area (Å²) in [7, 11) is 0. The summed E-state index contributed by atoms with van der Waals surface area (Å²) >= 11 is 0. The van der Waals surface area contributed by atoms with Crippen molar-refractivity contribution in [2.45, 2.75) is 20.0 Å². The molecular weight excluding hydrogens is 326 g/mol. The number of nitrogens with zero attached hydrogens (tertiary/aromatic N) is 3. The van der Waals surface area contributed by atoms with E-state index in [9.17, 15) is 5.11 Å². The minimum absolute atomic E-state index is 0.457. The van der Waals surface area contributed by atoms with Gasteiger partial charge in [-0.05, 0) is 48.2 Å². The van der Waals surface area contributed by atoms with E-state index in [4.69, 9.17) is 9.72 Å². The fourth-order valence-corrected chi connectivity index (χ4v) is 3.38. The first kappa shape index (κ1) is 16.9. The summed E-state index contributed by atoms with van der Waals surface area (Å²) in [6.07, 6.45) is 1.39. The molecule has 3 aromatic rings. The normalized spacial score (nSPS) is 16.0. The lowest BCUT2D eigenvalue weighted by Crippen LogP contribution is -2.36. The van der Waals surface area contributed by atoms with Crippen LogP contribution in [-0.4, -0.2) is 41.4 Å². The summed E-state index contributed by atoms with van der Waals surface area (Å²) in [5, 5.41) is 9.77. The van der Waals surface area contributed by atoms with E-state index < -0.39 is 6.10 Å². The Labute approximate surface area is 153 Å². The van der Waals surface area contributed by atoms with E-state index in [1.807, 2.05) is 24.4 Å². The van der Waals surface area contributed by atoms with Crippen LogP contribution in [0.3, 0.4) is 0 Å². The highest BCUT2D eigenvalue weighted by Gasteiger charge is 2.14. The summed E-state index contributed by atoms with van der Waals surface area (Å²) in [4.78, 5) is 11.6. The first-order valence-corrected chi connectivity index (χ1v) is 9.00. The van der Waals surface area contributed by atoms with Gasteiger partial charge < -0.3 is 14.7 Å². The predicted octanol–water partition coefficient (Wildman–Crippen LogP) is 3.50. The molecule has 5 heteroatoms. The van der Waals surface area contributed by atoms with Gasteiger partial charge in [-0.25, -0.2) is 4.98 Å². The van der Waals surface area contributed by atoms with Crippen LogP contribution in [0.2, 0.25) is 0 Å². The summed E-state index contributed by atoms with van der Waals surface area (Å²) in [5.74, 6) is 0.902. The number of hydrogen-bond acceptors (Lipinski definition) is 5. The number of anilines is 1. The second kappa shape index (κ2) is 7.02. The topological polar surface area (TPSA) is 58.5 Å². The van der Waals surface area contributed by atoms with Crippen molar-refractivity contribution in [2.75, 3.05) is 31.2 Å². The minimum atomic E-state index is -0.457. The number of aliphatic hydroxyl groups is 1. The van der Waals surface area contributed by atoms with Crippen LogP contribution in [0.4, 0.5) is 5.82 Å². The molecule has 1 aliphatic heterocycles. The molecule has 1 atom stereocenters. The van der Waals surface area contributed by atoms with E-state index in [1.165, 1.54) is 0 Å². The third-order valence-electron chi connectivity index (χ3n) is 4.91. The van der Waals surface area contributed by atoms with Gasteiger partial charge in [-0.15, -0.1) is 0 Å². The number of morpholine rings is 1. The van der Waals surface area contributed by atoms with Gasteiger partial charge in [0.25, 0.3) is 0 Å². The van der Waals surface area contributed by atoms with Crippen LogP contribution in [0.1, 0.15) is 24.2 Å². The fraction of sp³-hybridized carbons (Fsp3) is 0.333. The molecule has 26 heavy (non-hydrogen) atoms. The van der Waals surface area contributed by atoms with Gasteiger partial charge in [-0.1, -0.05) is 24.3 Å². The molecule has 0 radical (unpaired) electrons. The van der Waals surface area contributed by atoms with Gasteiger partial charge in [0.05, 0.1) is 36.5 Å². The van der Waals surface area contributed by atoms with Crippen molar-refractivity contribution in [1.82, 2.24) is 9.97 Å². The van der Waals surface area contributed by atoms with Crippen molar-refractivity contribution < 1.29 is 9.84 Å². The van der Waals surface area contributed by atoms with E-state index in [0.717, 1.165) is 65.4 Å². The van der Waals surface area contributed by atoms with Crippen LogP contribution >= 0.6 is 0 Å². The number of ether oxygens (including phenoxy) is 1. The molecular formula is C21H23N3O2. The number of benzene rings is 2. The van der Waals surface area contributed by atoms with Crippen molar-refractivity contribution in [3.8, 4) is 11.1 Å². The maximum absolute atomic E-state index is 9.77. The van der Waals surface area contributed by atoms with Crippen molar-refractivity contribution >= 4 is 16.9 Å². The summed E-state index contributed by atoms with van der Waals surface area (Å²) < 4.78 is 5.42. The molecule has 5 nitrogen and oxygen atoms in total. The molecule has 1 aliphatic rings. The largest absolute Gasteiger partial charge is 0.389 e. The number of aliphatic hydroxyl groups excluding tert-OH is 1. The maximum atomic E-state index is 9.77. The molecule has 0 aliphatic carbocycles. The highest BCUT2D eigenvalue weighted by molar-refractivity contribution is 5.83. The summed E-state index contributed by atoms with van der Waals surface area (Å²) in [5.41, 5.74) is 6.12. The Bertz CT molecular complexity index is 934. The Morgan fingerprint density at radius 2 is 1.88 bits per heavy atom. The zero-order chi connectivity index (χ0) is 18.1. The SMILES string of the molecule is Cc1cc(C(C)O)ccc1-c1ccc2ncc(N3CCOCC3)nc2c1. The Morgan fingerprint density at radius 1 is 1.08 bits per heavy atom. The van der Waals surface area contributed by atoms with Gasteiger partial charge in [0.1, 0.15) is 5.82 Å². The van der Waals surface area contributed by atoms with E-state index in [1.54, 1.807) is 6.92 Å². The quantitative estimate of drug-likeness (QED) is 0.784. The van der Waals surface area contributed by atoms with Crippen molar-refractivity contribution in [3.63, 3.8) is 0 Å². The third-order valence-corrected chi connectivity index (χ3v) is 4.91. The molecule has 1 aromatic heterocycles. The van der Waals surface area contributed by atoms with Crippen LogP contribution in [0.15, 0.2) is 42.6 Å². The lowest BCUT2D eigenvalue weighted by atomic mass is 9.96. The Morgan fingerprint density at radius 3 is 2.62 bits per heavy atom. The third kappa shape index (κ3) is 3.28. The zero-order valence-electron chi connectivity index (χ0n) is 15.1. The summed E-state index contributed by atoms with van der Waals surface area (Å²) in [6.45, 7) is 7.01. The number of fused-ring (bicyclic) bond motifs is 1. The number of hydrogen-bond donors (Lipinski definition) is 1. The lowest BCUT2D eigenvalue weighted by Gasteiger charge is -2.27.